The zero-order chi connectivity index (χ0) is 21.2. The molecule has 8 heteroatoms. The van der Waals surface area contributed by atoms with Gasteiger partial charge in [-0.25, -0.2) is 4.98 Å². The number of ether oxygens (including phenoxy) is 2. The van der Waals surface area contributed by atoms with E-state index < -0.39 is 0 Å². The number of rotatable bonds is 5. The van der Waals surface area contributed by atoms with Crippen molar-refractivity contribution in [3.63, 3.8) is 0 Å². The topological polar surface area (TPSA) is 89.6 Å². The molecule has 1 atom stereocenters. The number of fused-ring (bicyclic) bond motifs is 2. The Hall–Kier alpha value is -3.39. The van der Waals surface area contributed by atoms with Gasteiger partial charge in [-0.1, -0.05) is 24.3 Å². The molecule has 7 nitrogen and oxygen atoms in total. The number of benzene rings is 2. The van der Waals surface area contributed by atoms with E-state index in [-0.39, 0.29) is 24.5 Å². The molecular formula is C23H21N3O4S. The van der Waals surface area contributed by atoms with E-state index in [0.29, 0.717) is 23.0 Å². The number of hydrogen-bond donors (Lipinski definition) is 2. The molecule has 0 saturated carbocycles. The molecule has 3 aromatic rings. The zero-order valence-electron chi connectivity index (χ0n) is 16.7. The Morgan fingerprint density at radius 1 is 1.10 bits per heavy atom. The molecule has 1 aliphatic carbocycles. The lowest BCUT2D eigenvalue weighted by atomic mass is 9.90. The third-order valence-corrected chi connectivity index (χ3v) is 6.48. The van der Waals surface area contributed by atoms with E-state index in [9.17, 15) is 9.59 Å². The first-order valence-corrected chi connectivity index (χ1v) is 11.0. The fourth-order valence-electron chi connectivity index (χ4n) is 3.85. The number of hydrogen-bond acceptors (Lipinski definition) is 6. The standard InChI is InChI=1S/C23H21N3O4S/c27-21(15-5-2-1-3-6-15)26-23-25-20-16(7-4-8-19(20)31-23)22(28)24-12-14-9-10-17-18(11-14)30-13-29-17/h1-3,5-6,9-11,16H,4,7-8,12-13H2,(H,24,28)(H,25,26,27)/t16-/m0/s1. The second kappa shape index (κ2) is 8.39. The van der Waals surface area contributed by atoms with E-state index in [1.54, 1.807) is 12.1 Å². The number of nitrogens with zero attached hydrogens (tertiary/aromatic N) is 1. The van der Waals surface area contributed by atoms with Gasteiger partial charge in [0.05, 0.1) is 11.6 Å². The van der Waals surface area contributed by atoms with Gasteiger partial charge in [0.1, 0.15) is 0 Å². The van der Waals surface area contributed by atoms with Crippen molar-refractivity contribution in [1.29, 1.82) is 0 Å². The zero-order valence-corrected chi connectivity index (χ0v) is 17.5. The Morgan fingerprint density at radius 2 is 1.94 bits per heavy atom. The second-order valence-electron chi connectivity index (χ2n) is 7.50. The van der Waals surface area contributed by atoms with Gasteiger partial charge in [-0.05, 0) is 49.1 Å². The Bertz CT molecular complexity index is 1130. The number of amides is 2. The summed E-state index contributed by atoms with van der Waals surface area (Å²) < 4.78 is 10.7. The fourth-order valence-corrected chi connectivity index (χ4v) is 4.91. The molecular weight excluding hydrogens is 414 g/mol. The van der Waals surface area contributed by atoms with Crippen LogP contribution in [0.3, 0.4) is 0 Å². The molecule has 5 rings (SSSR count). The van der Waals surface area contributed by atoms with Crippen molar-refractivity contribution >= 4 is 28.3 Å². The molecule has 2 amide bonds. The fraction of sp³-hybridized carbons (Fsp3) is 0.261. The Morgan fingerprint density at radius 3 is 2.81 bits per heavy atom. The minimum Gasteiger partial charge on any atom is -0.454 e. The minimum atomic E-state index is -0.309. The van der Waals surface area contributed by atoms with E-state index in [1.807, 2.05) is 36.4 Å². The highest BCUT2D eigenvalue weighted by Crippen LogP contribution is 2.37. The normalized spacial score (nSPS) is 16.5. The van der Waals surface area contributed by atoms with Crippen molar-refractivity contribution in [1.82, 2.24) is 10.3 Å². The van der Waals surface area contributed by atoms with Gasteiger partial charge < -0.3 is 14.8 Å². The van der Waals surface area contributed by atoms with Crippen molar-refractivity contribution in [2.24, 2.45) is 0 Å². The van der Waals surface area contributed by atoms with Crippen molar-refractivity contribution in [3.05, 3.63) is 70.2 Å². The molecule has 1 aromatic heterocycles. The molecule has 31 heavy (non-hydrogen) atoms. The SMILES string of the molecule is O=C(Nc1nc2c(s1)CCC[C@@H]2C(=O)NCc1ccc2c(c1)OCO2)c1ccccc1. The molecule has 0 fully saturated rings. The predicted molar refractivity (Wildman–Crippen MR) is 117 cm³/mol. The van der Waals surface area contributed by atoms with Crippen LogP contribution < -0.4 is 20.1 Å². The quantitative estimate of drug-likeness (QED) is 0.635. The first-order chi connectivity index (χ1) is 15.2. The van der Waals surface area contributed by atoms with Crippen LogP contribution in [-0.4, -0.2) is 23.6 Å². The lowest BCUT2D eigenvalue weighted by Gasteiger charge is -2.20. The van der Waals surface area contributed by atoms with Crippen LogP contribution in [0.15, 0.2) is 48.5 Å². The summed E-state index contributed by atoms with van der Waals surface area (Å²) in [5.74, 6) is 0.862. The maximum absolute atomic E-state index is 12.9. The first-order valence-electron chi connectivity index (χ1n) is 10.2. The van der Waals surface area contributed by atoms with E-state index >= 15 is 0 Å². The third kappa shape index (κ3) is 4.11. The van der Waals surface area contributed by atoms with Crippen LogP contribution in [-0.2, 0) is 17.8 Å². The largest absolute Gasteiger partial charge is 0.454 e. The number of anilines is 1. The third-order valence-electron chi connectivity index (χ3n) is 5.43. The van der Waals surface area contributed by atoms with E-state index in [1.165, 1.54) is 11.3 Å². The maximum atomic E-state index is 12.9. The van der Waals surface area contributed by atoms with Crippen molar-refractivity contribution in [3.8, 4) is 11.5 Å². The van der Waals surface area contributed by atoms with Crippen LogP contribution in [0.4, 0.5) is 5.13 Å². The molecule has 2 aromatic carbocycles. The summed E-state index contributed by atoms with van der Waals surface area (Å²) in [5, 5.41) is 6.42. The van der Waals surface area contributed by atoms with Crippen molar-refractivity contribution in [2.75, 3.05) is 12.1 Å². The van der Waals surface area contributed by atoms with Gasteiger partial charge in [-0.2, -0.15) is 0 Å². The van der Waals surface area contributed by atoms with Gasteiger partial charge in [-0.3, -0.25) is 14.9 Å². The van der Waals surface area contributed by atoms with E-state index in [0.717, 1.165) is 41.1 Å². The van der Waals surface area contributed by atoms with Gasteiger partial charge in [0.2, 0.25) is 12.7 Å². The molecule has 0 spiro atoms. The molecule has 1 aliphatic heterocycles. The average molecular weight is 436 g/mol. The number of thiazole rings is 1. The van der Waals surface area contributed by atoms with Crippen LogP contribution in [0.1, 0.15) is 45.3 Å². The monoisotopic (exact) mass is 435 g/mol. The van der Waals surface area contributed by atoms with Crippen LogP contribution in [0.5, 0.6) is 11.5 Å². The van der Waals surface area contributed by atoms with Gasteiger partial charge in [0.25, 0.3) is 5.91 Å². The number of nitrogens with one attached hydrogen (secondary N) is 2. The summed E-state index contributed by atoms with van der Waals surface area (Å²) in [6.07, 6.45) is 2.54. The molecule has 0 radical (unpaired) electrons. The minimum absolute atomic E-state index is 0.0511. The highest BCUT2D eigenvalue weighted by atomic mass is 32.1. The summed E-state index contributed by atoms with van der Waals surface area (Å²) in [7, 11) is 0. The highest BCUT2D eigenvalue weighted by Gasteiger charge is 2.30. The summed E-state index contributed by atoms with van der Waals surface area (Å²) in [6, 6.07) is 14.7. The molecule has 2 heterocycles. The van der Waals surface area contributed by atoms with Gasteiger partial charge >= 0.3 is 0 Å². The Labute approximate surface area is 183 Å². The summed E-state index contributed by atoms with van der Waals surface area (Å²) in [4.78, 5) is 31.0. The molecule has 2 N–H and O–H groups in total. The molecule has 0 saturated heterocycles. The molecule has 0 unspecified atom stereocenters. The van der Waals surface area contributed by atoms with Crippen LogP contribution >= 0.6 is 11.3 Å². The Kier molecular flexibility index (Phi) is 5.30. The first kappa shape index (κ1) is 19.6. The summed E-state index contributed by atoms with van der Waals surface area (Å²) >= 11 is 1.45. The van der Waals surface area contributed by atoms with E-state index in [2.05, 4.69) is 15.6 Å². The van der Waals surface area contributed by atoms with E-state index in [4.69, 9.17) is 9.47 Å². The molecule has 2 aliphatic rings. The highest BCUT2D eigenvalue weighted by molar-refractivity contribution is 7.16. The average Bonchev–Trinajstić information content (AvgIpc) is 3.43. The van der Waals surface area contributed by atoms with Gasteiger partial charge in [0.15, 0.2) is 16.6 Å². The Balaban J connectivity index is 1.26. The smallest absolute Gasteiger partial charge is 0.257 e. The van der Waals surface area contributed by atoms with Gasteiger partial charge in [-0.15, -0.1) is 11.3 Å². The lowest BCUT2D eigenvalue weighted by Crippen LogP contribution is -2.31. The number of aryl methyl sites for hydroxylation is 1. The van der Waals surface area contributed by atoms with Crippen molar-refractivity contribution in [2.45, 2.75) is 31.7 Å². The van der Waals surface area contributed by atoms with Crippen LogP contribution in [0, 0.1) is 0 Å². The summed E-state index contributed by atoms with van der Waals surface area (Å²) in [6.45, 7) is 0.631. The maximum Gasteiger partial charge on any atom is 0.257 e. The predicted octanol–water partition coefficient (Wildman–Crippen LogP) is 3.86. The van der Waals surface area contributed by atoms with Gasteiger partial charge in [0, 0.05) is 17.0 Å². The number of carbonyl (C=O) groups is 2. The van der Waals surface area contributed by atoms with Crippen LogP contribution in [0.25, 0.3) is 0 Å². The number of aromatic nitrogens is 1. The number of carbonyl (C=O) groups excluding carboxylic acids is 2. The summed E-state index contributed by atoms with van der Waals surface area (Å²) in [5.41, 5.74) is 2.30. The lowest BCUT2D eigenvalue weighted by molar-refractivity contribution is -0.123. The van der Waals surface area contributed by atoms with Crippen molar-refractivity contribution < 1.29 is 19.1 Å². The second-order valence-corrected chi connectivity index (χ2v) is 8.58. The molecule has 158 valence electrons. The van der Waals surface area contributed by atoms with Crippen LogP contribution in [0.2, 0.25) is 0 Å². The molecule has 0 bridgehead atoms.